The Balaban J connectivity index is 1.91. The minimum Gasteiger partial charge on any atom is -0.478 e. The molecule has 1 aromatic rings. The molecule has 2 heterocycles. The van der Waals surface area contributed by atoms with Crippen LogP contribution < -0.4 is 15.0 Å². The van der Waals surface area contributed by atoms with E-state index in [1.54, 1.807) is 24.3 Å². The maximum absolute atomic E-state index is 12.5. The molecule has 21 heavy (non-hydrogen) atoms. The first-order valence-electron chi connectivity index (χ1n) is 6.65. The highest BCUT2D eigenvalue weighted by molar-refractivity contribution is 6.02. The number of hydrogen-bond acceptors (Lipinski definition) is 4. The molecule has 1 fully saturated rings. The number of para-hydroxylation sites is 2. The van der Waals surface area contributed by atoms with Crippen molar-refractivity contribution < 1.29 is 24.2 Å². The number of nitrogens with zero attached hydrogens (tertiary/aromatic N) is 1. The van der Waals surface area contributed by atoms with Crippen LogP contribution in [0.25, 0.3) is 0 Å². The summed E-state index contributed by atoms with van der Waals surface area (Å²) in [5, 5.41) is 11.7. The third-order valence-electron chi connectivity index (χ3n) is 3.61. The smallest absolute Gasteiger partial charge is 0.346 e. The lowest BCUT2D eigenvalue weighted by Crippen LogP contribution is -2.52. The molecule has 0 aliphatic carbocycles. The van der Waals surface area contributed by atoms with E-state index in [4.69, 9.17) is 9.84 Å². The summed E-state index contributed by atoms with van der Waals surface area (Å²) in [4.78, 5) is 36.4. The van der Waals surface area contributed by atoms with Crippen molar-refractivity contribution in [2.24, 2.45) is 0 Å². The zero-order valence-electron chi connectivity index (χ0n) is 11.1. The van der Waals surface area contributed by atoms with E-state index in [2.05, 4.69) is 5.32 Å². The zero-order valence-corrected chi connectivity index (χ0v) is 11.1. The predicted octanol–water partition coefficient (Wildman–Crippen LogP) is 0.144. The van der Waals surface area contributed by atoms with E-state index in [1.807, 2.05) is 0 Å². The van der Waals surface area contributed by atoms with E-state index < -0.39 is 18.1 Å². The Morgan fingerprint density at radius 1 is 1.33 bits per heavy atom. The quantitative estimate of drug-likeness (QED) is 0.808. The van der Waals surface area contributed by atoms with Gasteiger partial charge in [0.25, 0.3) is 0 Å². The molecule has 0 spiro atoms. The Kier molecular flexibility index (Phi) is 3.25. The molecule has 1 unspecified atom stereocenters. The van der Waals surface area contributed by atoms with Crippen LogP contribution in [0.4, 0.5) is 5.69 Å². The van der Waals surface area contributed by atoms with E-state index in [1.165, 1.54) is 4.90 Å². The maximum atomic E-state index is 12.5. The molecule has 2 N–H and O–H groups in total. The fourth-order valence-electron chi connectivity index (χ4n) is 2.56. The van der Waals surface area contributed by atoms with Crippen molar-refractivity contribution in [1.29, 1.82) is 0 Å². The van der Waals surface area contributed by atoms with Crippen molar-refractivity contribution in [2.45, 2.75) is 25.0 Å². The molecule has 0 aromatic heterocycles. The van der Waals surface area contributed by atoms with Crippen LogP contribution >= 0.6 is 0 Å². The van der Waals surface area contributed by atoms with Gasteiger partial charge in [0.2, 0.25) is 17.9 Å². The summed E-state index contributed by atoms with van der Waals surface area (Å²) < 4.78 is 5.38. The summed E-state index contributed by atoms with van der Waals surface area (Å²) in [5.41, 5.74) is 0.529. The number of hydrogen-bond donors (Lipinski definition) is 2. The van der Waals surface area contributed by atoms with Gasteiger partial charge < -0.3 is 20.1 Å². The normalized spacial score (nSPS) is 24.0. The van der Waals surface area contributed by atoms with Crippen LogP contribution in [0.15, 0.2) is 24.3 Å². The Hall–Kier alpha value is -2.57. The number of ether oxygens (including phenoxy) is 1. The highest BCUT2D eigenvalue weighted by atomic mass is 16.5. The van der Waals surface area contributed by atoms with Gasteiger partial charge in [0, 0.05) is 6.42 Å². The van der Waals surface area contributed by atoms with Crippen LogP contribution in [0.1, 0.15) is 12.8 Å². The Morgan fingerprint density at radius 2 is 2.10 bits per heavy atom. The van der Waals surface area contributed by atoms with Crippen LogP contribution in [0.2, 0.25) is 0 Å². The minimum absolute atomic E-state index is 0.0719. The number of carbonyl (C=O) groups is 3. The van der Waals surface area contributed by atoms with Crippen LogP contribution in [0, 0.1) is 0 Å². The number of carboxylic acid groups (broad SMARTS) is 1. The number of anilines is 1. The lowest BCUT2D eigenvalue weighted by Gasteiger charge is -2.34. The van der Waals surface area contributed by atoms with Crippen LogP contribution in [-0.2, 0) is 14.4 Å². The molecule has 0 bridgehead atoms. The average Bonchev–Trinajstić information content (AvgIpc) is 2.92. The van der Waals surface area contributed by atoms with Crippen LogP contribution in [0.5, 0.6) is 5.75 Å². The molecular formula is C14H14N2O5. The number of aliphatic carboxylic acids is 1. The van der Waals surface area contributed by atoms with Gasteiger partial charge in [-0.2, -0.15) is 0 Å². The molecule has 2 aliphatic rings. The molecule has 2 atom stereocenters. The van der Waals surface area contributed by atoms with Crippen molar-refractivity contribution in [1.82, 2.24) is 5.32 Å². The lowest BCUT2D eigenvalue weighted by molar-refractivity contribution is -0.145. The minimum atomic E-state index is -1.13. The maximum Gasteiger partial charge on any atom is 0.346 e. The van der Waals surface area contributed by atoms with E-state index in [-0.39, 0.29) is 18.4 Å². The summed E-state index contributed by atoms with van der Waals surface area (Å²) in [7, 11) is 0. The van der Waals surface area contributed by atoms with Gasteiger partial charge in [-0.15, -0.1) is 0 Å². The number of amides is 2. The highest BCUT2D eigenvalue weighted by Gasteiger charge is 2.38. The average molecular weight is 290 g/mol. The van der Waals surface area contributed by atoms with Crippen molar-refractivity contribution in [3.63, 3.8) is 0 Å². The Bertz CT molecular complexity index is 615. The van der Waals surface area contributed by atoms with E-state index in [9.17, 15) is 14.4 Å². The number of carbonyl (C=O) groups excluding carboxylic acids is 2. The third-order valence-corrected chi connectivity index (χ3v) is 3.61. The van der Waals surface area contributed by atoms with Crippen molar-refractivity contribution in [3.05, 3.63) is 24.3 Å². The molecule has 1 aromatic carbocycles. The monoisotopic (exact) mass is 290 g/mol. The zero-order chi connectivity index (χ0) is 15.0. The summed E-state index contributed by atoms with van der Waals surface area (Å²) in [6.45, 7) is -0.0719. The molecule has 7 nitrogen and oxygen atoms in total. The number of carboxylic acids is 1. The second-order valence-electron chi connectivity index (χ2n) is 5.02. The molecule has 7 heteroatoms. The fourth-order valence-corrected chi connectivity index (χ4v) is 2.56. The molecular weight excluding hydrogens is 276 g/mol. The molecule has 0 saturated carbocycles. The van der Waals surface area contributed by atoms with Crippen molar-refractivity contribution in [3.8, 4) is 5.75 Å². The Labute approximate surface area is 120 Å². The van der Waals surface area contributed by atoms with Gasteiger partial charge in [-0.1, -0.05) is 12.1 Å². The van der Waals surface area contributed by atoms with Gasteiger partial charge in [-0.05, 0) is 18.6 Å². The number of fused-ring (bicyclic) bond motifs is 1. The SMILES string of the molecule is O=C1CC[C@H](C(=O)N2CC(C(=O)O)Oc3ccccc32)N1. The van der Waals surface area contributed by atoms with Gasteiger partial charge in [0.15, 0.2) is 0 Å². The van der Waals surface area contributed by atoms with Crippen LogP contribution in [-0.4, -0.2) is 41.6 Å². The summed E-state index contributed by atoms with van der Waals surface area (Å²) >= 11 is 0. The summed E-state index contributed by atoms with van der Waals surface area (Å²) in [6, 6.07) is 6.18. The topological polar surface area (TPSA) is 95.9 Å². The standard InChI is InChI=1S/C14H14N2O5/c17-12-6-5-8(15-12)13(18)16-7-11(14(19)20)21-10-4-2-1-3-9(10)16/h1-4,8,11H,5-7H2,(H,15,17)(H,19,20)/t8-,11?/m1/s1. The third kappa shape index (κ3) is 2.42. The second kappa shape index (κ2) is 5.08. The summed E-state index contributed by atoms with van der Waals surface area (Å²) in [6.07, 6.45) is -0.374. The number of rotatable bonds is 2. The van der Waals surface area contributed by atoms with Gasteiger partial charge >= 0.3 is 5.97 Å². The van der Waals surface area contributed by atoms with E-state index in [0.717, 1.165) is 0 Å². The molecule has 1 saturated heterocycles. The highest BCUT2D eigenvalue weighted by Crippen LogP contribution is 2.34. The molecule has 3 rings (SSSR count). The number of benzene rings is 1. The van der Waals surface area contributed by atoms with Gasteiger partial charge in [-0.3, -0.25) is 9.59 Å². The first kappa shape index (κ1) is 13.4. The van der Waals surface area contributed by atoms with Crippen molar-refractivity contribution in [2.75, 3.05) is 11.4 Å². The van der Waals surface area contributed by atoms with Gasteiger partial charge in [0.1, 0.15) is 11.8 Å². The van der Waals surface area contributed by atoms with Crippen molar-refractivity contribution >= 4 is 23.5 Å². The van der Waals surface area contributed by atoms with Gasteiger partial charge in [-0.25, -0.2) is 4.79 Å². The first-order valence-corrected chi connectivity index (χ1v) is 6.65. The number of nitrogens with one attached hydrogen (secondary N) is 1. The molecule has 2 aliphatic heterocycles. The van der Waals surface area contributed by atoms with E-state index in [0.29, 0.717) is 24.3 Å². The first-order chi connectivity index (χ1) is 10.1. The summed E-state index contributed by atoms with van der Waals surface area (Å²) in [5.74, 6) is -1.24. The Morgan fingerprint density at radius 3 is 2.76 bits per heavy atom. The lowest BCUT2D eigenvalue weighted by atomic mass is 10.1. The molecule has 2 amide bonds. The fraction of sp³-hybridized carbons (Fsp3) is 0.357. The predicted molar refractivity (Wildman–Crippen MR) is 72.0 cm³/mol. The largest absolute Gasteiger partial charge is 0.478 e. The van der Waals surface area contributed by atoms with Gasteiger partial charge in [0.05, 0.1) is 12.2 Å². The van der Waals surface area contributed by atoms with Crippen LogP contribution in [0.3, 0.4) is 0 Å². The van der Waals surface area contributed by atoms with E-state index >= 15 is 0 Å². The second-order valence-corrected chi connectivity index (χ2v) is 5.02. The molecule has 0 radical (unpaired) electrons. The molecule has 110 valence electrons.